The van der Waals surface area contributed by atoms with Crippen molar-refractivity contribution in [1.82, 2.24) is 10.6 Å². The van der Waals surface area contributed by atoms with Gasteiger partial charge in [-0.05, 0) is 56.5 Å². The van der Waals surface area contributed by atoms with Gasteiger partial charge >= 0.3 is 0 Å². The quantitative estimate of drug-likeness (QED) is 0.223. The molecule has 0 radical (unpaired) electrons. The molecule has 0 aliphatic heterocycles. The number of guanidine groups is 1. The highest BCUT2D eigenvalue weighted by atomic mass is 127. The number of carbonyl (C=O) groups is 1. The van der Waals surface area contributed by atoms with Crippen LogP contribution in [-0.4, -0.2) is 38.2 Å². The van der Waals surface area contributed by atoms with Crippen molar-refractivity contribution in [2.24, 2.45) is 10.9 Å². The van der Waals surface area contributed by atoms with Crippen LogP contribution in [0.15, 0.2) is 53.5 Å². The number of hydrogen-bond donors (Lipinski definition) is 3. The van der Waals surface area contributed by atoms with Crippen LogP contribution in [0.1, 0.15) is 38.7 Å². The van der Waals surface area contributed by atoms with Crippen molar-refractivity contribution in [1.29, 1.82) is 0 Å². The third kappa shape index (κ3) is 8.42. The lowest BCUT2D eigenvalue weighted by molar-refractivity contribution is -0.122. The highest BCUT2D eigenvalue weighted by Gasteiger charge is 2.25. The zero-order valence-electron chi connectivity index (χ0n) is 19.6. The van der Waals surface area contributed by atoms with Gasteiger partial charge in [-0.3, -0.25) is 4.79 Å². The van der Waals surface area contributed by atoms with E-state index in [1.165, 1.54) is 0 Å². The molecular weight excluding hydrogens is 531 g/mol. The second-order valence-corrected chi connectivity index (χ2v) is 7.97. The first-order chi connectivity index (χ1) is 15.6. The van der Waals surface area contributed by atoms with E-state index in [1.54, 1.807) is 7.11 Å². The van der Waals surface area contributed by atoms with E-state index in [-0.39, 0.29) is 41.9 Å². The summed E-state index contributed by atoms with van der Waals surface area (Å²) < 4.78 is 11.3. The lowest BCUT2D eigenvalue weighted by Gasteiger charge is -2.24. The zero-order chi connectivity index (χ0) is 22.8. The summed E-state index contributed by atoms with van der Waals surface area (Å²) in [4.78, 5) is 16.9. The van der Waals surface area contributed by atoms with Crippen LogP contribution in [0.3, 0.4) is 0 Å². The number of hydrogen-bond acceptors (Lipinski definition) is 4. The first-order valence-electron chi connectivity index (χ1n) is 11.3. The summed E-state index contributed by atoms with van der Waals surface area (Å²) in [5, 5.41) is 9.61. The number of aliphatic imine (C=N–C) groups is 1. The van der Waals surface area contributed by atoms with E-state index in [0.717, 1.165) is 37.1 Å². The Kier molecular flexibility index (Phi) is 11.3. The molecule has 0 saturated heterocycles. The van der Waals surface area contributed by atoms with E-state index in [1.807, 2.05) is 62.4 Å². The SMILES string of the molecule is CCNC(=NCc1cccc(NC(=O)C2CCC2)c1)NCC(C)Oc1ccccc1OC.I. The Balaban J connectivity index is 0.00000385. The summed E-state index contributed by atoms with van der Waals surface area (Å²) in [6, 6.07) is 15.5. The summed E-state index contributed by atoms with van der Waals surface area (Å²) in [7, 11) is 1.63. The highest BCUT2D eigenvalue weighted by molar-refractivity contribution is 14.0. The van der Waals surface area contributed by atoms with Gasteiger partial charge in [-0.2, -0.15) is 0 Å². The van der Waals surface area contributed by atoms with Gasteiger partial charge in [0.1, 0.15) is 6.10 Å². The maximum Gasteiger partial charge on any atom is 0.227 e. The van der Waals surface area contributed by atoms with E-state index in [9.17, 15) is 4.79 Å². The Morgan fingerprint density at radius 1 is 1.12 bits per heavy atom. The number of rotatable bonds is 10. The molecule has 7 nitrogen and oxygen atoms in total. The van der Waals surface area contributed by atoms with Gasteiger partial charge in [0.25, 0.3) is 0 Å². The van der Waals surface area contributed by atoms with Crippen molar-refractivity contribution >= 4 is 41.5 Å². The van der Waals surface area contributed by atoms with Gasteiger partial charge in [-0.25, -0.2) is 4.99 Å². The van der Waals surface area contributed by atoms with Crippen molar-refractivity contribution in [3.8, 4) is 11.5 Å². The smallest absolute Gasteiger partial charge is 0.227 e. The fourth-order valence-electron chi connectivity index (χ4n) is 3.39. The number of carbonyl (C=O) groups excluding carboxylic acids is 1. The number of para-hydroxylation sites is 2. The van der Waals surface area contributed by atoms with Crippen LogP contribution < -0.4 is 25.4 Å². The van der Waals surface area contributed by atoms with E-state index in [0.29, 0.717) is 30.5 Å². The molecule has 0 spiro atoms. The minimum atomic E-state index is -0.0831. The molecule has 2 aromatic rings. The number of amides is 1. The summed E-state index contributed by atoms with van der Waals surface area (Å²) in [5.41, 5.74) is 1.86. The Morgan fingerprint density at radius 2 is 1.88 bits per heavy atom. The van der Waals surface area contributed by atoms with Crippen molar-refractivity contribution in [2.45, 2.75) is 45.8 Å². The average molecular weight is 566 g/mol. The molecule has 0 heterocycles. The standard InChI is InChI=1S/C25H34N4O3.HI/c1-4-26-25(27-16-18(2)32-23-14-6-5-13-22(23)31-3)28-17-19-9-7-12-21(15-19)29-24(30)20-10-8-11-20;/h5-7,9,12-15,18,20H,4,8,10-11,16-17H2,1-3H3,(H,29,30)(H2,26,27,28);1H. The molecule has 1 saturated carbocycles. The van der Waals surface area contributed by atoms with Gasteiger partial charge in [0, 0.05) is 18.2 Å². The Morgan fingerprint density at radius 3 is 2.55 bits per heavy atom. The zero-order valence-corrected chi connectivity index (χ0v) is 21.9. The Labute approximate surface area is 213 Å². The van der Waals surface area contributed by atoms with Gasteiger partial charge < -0.3 is 25.4 Å². The second kappa shape index (κ2) is 13.9. The second-order valence-electron chi connectivity index (χ2n) is 7.97. The largest absolute Gasteiger partial charge is 0.493 e. The molecular formula is C25H35IN4O3. The summed E-state index contributed by atoms with van der Waals surface area (Å²) in [6.07, 6.45) is 3.05. The Hall–Kier alpha value is -2.49. The number of ether oxygens (including phenoxy) is 2. The predicted molar refractivity (Wildman–Crippen MR) is 144 cm³/mol. The van der Waals surface area contributed by atoms with Gasteiger partial charge in [0.2, 0.25) is 5.91 Å². The molecule has 1 aliphatic carbocycles. The highest BCUT2D eigenvalue weighted by Crippen LogP contribution is 2.28. The summed E-state index contributed by atoms with van der Waals surface area (Å²) in [6.45, 7) is 5.87. The first-order valence-corrected chi connectivity index (χ1v) is 11.3. The van der Waals surface area contributed by atoms with Crippen molar-refractivity contribution in [2.75, 3.05) is 25.5 Å². The van der Waals surface area contributed by atoms with Crippen LogP contribution in [0.4, 0.5) is 5.69 Å². The molecule has 1 unspecified atom stereocenters. The van der Waals surface area contributed by atoms with E-state index in [4.69, 9.17) is 9.47 Å². The van der Waals surface area contributed by atoms with Crippen LogP contribution in [0.25, 0.3) is 0 Å². The molecule has 180 valence electrons. The topological polar surface area (TPSA) is 84.0 Å². The molecule has 1 atom stereocenters. The molecule has 2 aromatic carbocycles. The van der Waals surface area contributed by atoms with E-state index in [2.05, 4.69) is 20.9 Å². The minimum absolute atomic E-state index is 0. The lowest BCUT2D eigenvalue weighted by Crippen LogP contribution is -2.41. The molecule has 1 aliphatic rings. The number of halogens is 1. The van der Waals surface area contributed by atoms with Crippen LogP contribution in [0.5, 0.6) is 11.5 Å². The van der Waals surface area contributed by atoms with Crippen LogP contribution in [-0.2, 0) is 11.3 Å². The average Bonchev–Trinajstić information content (AvgIpc) is 2.75. The maximum absolute atomic E-state index is 12.2. The van der Waals surface area contributed by atoms with Crippen LogP contribution in [0, 0.1) is 5.92 Å². The number of nitrogens with zero attached hydrogens (tertiary/aromatic N) is 1. The molecule has 1 amide bonds. The molecule has 1 fully saturated rings. The van der Waals surface area contributed by atoms with Crippen molar-refractivity contribution < 1.29 is 14.3 Å². The third-order valence-electron chi connectivity index (χ3n) is 5.39. The van der Waals surface area contributed by atoms with Crippen molar-refractivity contribution in [3.05, 3.63) is 54.1 Å². The van der Waals surface area contributed by atoms with Crippen molar-refractivity contribution in [3.63, 3.8) is 0 Å². The molecule has 33 heavy (non-hydrogen) atoms. The minimum Gasteiger partial charge on any atom is -0.493 e. The maximum atomic E-state index is 12.2. The van der Waals surface area contributed by atoms with Gasteiger partial charge in [-0.15, -0.1) is 24.0 Å². The normalized spacial score (nSPS) is 14.3. The third-order valence-corrected chi connectivity index (χ3v) is 5.39. The summed E-state index contributed by atoms with van der Waals surface area (Å²) >= 11 is 0. The molecule has 0 aromatic heterocycles. The van der Waals surface area contributed by atoms with Gasteiger partial charge in [-0.1, -0.05) is 30.7 Å². The number of benzene rings is 2. The monoisotopic (exact) mass is 566 g/mol. The number of anilines is 1. The predicted octanol–water partition coefficient (Wildman–Crippen LogP) is 4.57. The van der Waals surface area contributed by atoms with Gasteiger partial charge in [0.15, 0.2) is 17.5 Å². The van der Waals surface area contributed by atoms with Crippen LogP contribution in [0.2, 0.25) is 0 Å². The number of methoxy groups -OCH3 is 1. The first kappa shape index (κ1) is 26.8. The molecule has 3 rings (SSSR count). The Bertz CT molecular complexity index is 918. The van der Waals surface area contributed by atoms with E-state index < -0.39 is 0 Å². The molecule has 3 N–H and O–H groups in total. The van der Waals surface area contributed by atoms with Gasteiger partial charge in [0.05, 0.1) is 20.2 Å². The van der Waals surface area contributed by atoms with Crippen LogP contribution >= 0.6 is 24.0 Å². The fraction of sp³-hybridized carbons (Fsp3) is 0.440. The lowest BCUT2D eigenvalue weighted by atomic mass is 9.85. The fourth-order valence-corrected chi connectivity index (χ4v) is 3.39. The summed E-state index contributed by atoms with van der Waals surface area (Å²) in [5.74, 6) is 2.43. The van der Waals surface area contributed by atoms with E-state index >= 15 is 0 Å². The number of nitrogens with one attached hydrogen (secondary N) is 3. The molecule has 0 bridgehead atoms. The molecule has 8 heteroatoms.